The number of ether oxygens (including phenoxy) is 1. The monoisotopic (exact) mass is 240 g/mol. The van der Waals surface area contributed by atoms with Gasteiger partial charge in [-0.05, 0) is 25.2 Å². The van der Waals surface area contributed by atoms with Crippen LogP contribution in [0.1, 0.15) is 39.0 Å². The molecule has 0 aromatic heterocycles. The fourth-order valence-corrected chi connectivity index (χ4v) is 2.66. The van der Waals surface area contributed by atoms with Gasteiger partial charge in [-0.2, -0.15) is 0 Å². The highest BCUT2D eigenvalue weighted by atomic mass is 16.5. The van der Waals surface area contributed by atoms with Crippen molar-refractivity contribution >= 4 is 6.03 Å². The molecule has 1 N–H and O–H groups in total. The number of carbonyl (C=O) groups is 1. The van der Waals surface area contributed by atoms with Crippen molar-refractivity contribution < 1.29 is 9.53 Å². The Morgan fingerprint density at radius 3 is 2.71 bits per heavy atom. The Hall–Kier alpha value is -0.770. The Morgan fingerprint density at radius 2 is 1.94 bits per heavy atom. The van der Waals surface area contributed by atoms with Gasteiger partial charge in [0.25, 0.3) is 0 Å². The zero-order chi connectivity index (χ0) is 12.1. The minimum absolute atomic E-state index is 0.104. The smallest absolute Gasteiger partial charge is 0.317 e. The van der Waals surface area contributed by atoms with Crippen LogP contribution in [0.3, 0.4) is 0 Å². The van der Waals surface area contributed by atoms with Crippen LogP contribution in [0.5, 0.6) is 0 Å². The van der Waals surface area contributed by atoms with Crippen molar-refractivity contribution in [3.05, 3.63) is 0 Å². The van der Waals surface area contributed by atoms with Crippen molar-refractivity contribution in [2.75, 3.05) is 26.3 Å². The van der Waals surface area contributed by atoms with Crippen molar-refractivity contribution in [1.82, 2.24) is 10.2 Å². The second-order valence-electron chi connectivity index (χ2n) is 5.36. The van der Waals surface area contributed by atoms with E-state index in [0.717, 1.165) is 31.8 Å². The number of hydrogen-bond acceptors (Lipinski definition) is 2. The van der Waals surface area contributed by atoms with Gasteiger partial charge in [0, 0.05) is 19.1 Å². The van der Waals surface area contributed by atoms with Crippen LogP contribution >= 0.6 is 0 Å². The Morgan fingerprint density at radius 1 is 1.18 bits per heavy atom. The van der Waals surface area contributed by atoms with Crippen LogP contribution in [-0.2, 0) is 4.74 Å². The Labute approximate surface area is 104 Å². The summed E-state index contributed by atoms with van der Waals surface area (Å²) in [5.74, 6) is 0.820. The first-order valence-corrected chi connectivity index (χ1v) is 6.89. The molecule has 17 heavy (non-hydrogen) atoms. The predicted octanol–water partition coefficient (Wildman–Crippen LogP) is 2.00. The quantitative estimate of drug-likeness (QED) is 0.712. The van der Waals surface area contributed by atoms with Crippen molar-refractivity contribution in [3.8, 4) is 0 Å². The first kappa shape index (κ1) is 12.7. The molecule has 1 heterocycles. The van der Waals surface area contributed by atoms with Crippen molar-refractivity contribution in [2.45, 2.75) is 45.1 Å². The van der Waals surface area contributed by atoms with E-state index < -0.39 is 0 Å². The topological polar surface area (TPSA) is 41.6 Å². The second-order valence-corrected chi connectivity index (χ2v) is 5.36. The number of nitrogens with one attached hydrogen (secondary N) is 1. The minimum Gasteiger partial charge on any atom is -0.378 e. The van der Waals surface area contributed by atoms with E-state index in [2.05, 4.69) is 12.2 Å². The molecule has 1 saturated heterocycles. The molecule has 98 valence electrons. The van der Waals surface area contributed by atoms with Gasteiger partial charge < -0.3 is 15.0 Å². The van der Waals surface area contributed by atoms with Gasteiger partial charge in [0.05, 0.1) is 13.2 Å². The van der Waals surface area contributed by atoms with E-state index in [1.165, 1.54) is 19.3 Å². The van der Waals surface area contributed by atoms with Gasteiger partial charge in [-0.1, -0.05) is 19.8 Å². The van der Waals surface area contributed by atoms with Gasteiger partial charge in [-0.15, -0.1) is 0 Å². The van der Waals surface area contributed by atoms with Gasteiger partial charge in [0.1, 0.15) is 0 Å². The summed E-state index contributed by atoms with van der Waals surface area (Å²) in [6, 6.07) is 0.489. The molecule has 1 aliphatic heterocycles. The standard InChI is InChI=1S/C13H24N2O2/c1-11-3-2-4-12(6-5-11)14-13(16)15-7-9-17-10-8-15/h11-12H,2-10H2,1H3,(H,14,16). The minimum atomic E-state index is 0.104. The fraction of sp³-hybridized carbons (Fsp3) is 0.923. The average Bonchev–Trinajstić information content (AvgIpc) is 2.56. The predicted molar refractivity (Wildman–Crippen MR) is 67.0 cm³/mol. The lowest BCUT2D eigenvalue weighted by Gasteiger charge is -2.29. The summed E-state index contributed by atoms with van der Waals surface area (Å²) in [5.41, 5.74) is 0. The molecule has 4 heteroatoms. The number of urea groups is 1. The molecule has 2 rings (SSSR count). The van der Waals surface area contributed by atoms with Gasteiger partial charge >= 0.3 is 6.03 Å². The fourth-order valence-electron chi connectivity index (χ4n) is 2.66. The van der Waals surface area contributed by atoms with Crippen molar-refractivity contribution in [3.63, 3.8) is 0 Å². The molecular formula is C13H24N2O2. The van der Waals surface area contributed by atoms with Crippen LogP contribution in [0.25, 0.3) is 0 Å². The zero-order valence-electron chi connectivity index (χ0n) is 10.8. The molecule has 2 aliphatic rings. The molecule has 0 aromatic rings. The van der Waals surface area contributed by atoms with Crippen molar-refractivity contribution in [2.24, 2.45) is 5.92 Å². The molecule has 2 fully saturated rings. The molecule has 4 nitrogen and oxygen atoms in total. The van der Waals surface area contributed by atoms with Gasteiger partial charge in [0.15, 0.2) is 0 Å². The first-order chi connectivity index (χ1) is 8.25. The first-order valence-electron chi connectivity index (χ1n) is 6.89. The Bertz CT molecular complexity index is 252. The third kappa shape index (κ3) is 3.87. The number of rotatable bonds is 1. The summed E-state index contributed by atoms with van der Waals surface area (Å²) >= 11 is 0. The maximum atomic E-state index is 12.0. The summed E-state index contributed by atoms with van der Waals surface area (Å²) in [5, 5.41) is 3.18. The number of hydrogen-bond donors (Lipinski definition) is 1. The Balaban J connectivity index is 1.76. The number of carbonyl (C=O) groups excluding carboxylic acids is 1. The normalized spacial score (nSPS) is 30.8. The lowest BCUT2D eigenvalue weighted by Crippen LogP contribution is -2.49. The highest BCUT2D eigenvalue weighted by molar-refractivity contribution is 5.74. The summed E-state index contributed by atoms with van der Waals surface area (Å²) in [4.78, 5) is 13.9. The van der Waals surface area contributed by atoms with Crippen LogP contribution in [0.2, 0.25) is 0 Å². The molecule has 2 atom stereocenters. The molecule has 1 saturated carbocycles. The van der Waals surface area contributed by atoms with Crippen LogP contribution in [-0.4, -0.2) is 43.3 Å². The third-order valence-corrected chi connectivity index (χ3v) is 3.88. The largest absolute Gasteiger partial charge is 0.378 e. The molecule has 0 bridgehead atoms. The summed E-state index contributed by atoms with van der Waals surface area (Å²) in [6.07, 6.45) is 6.07. The average molecular weight is 240 g/mol. The van der Waals surface area contributed by atoms with Gasteiger partial charge in [-0.25, -0.2) is 4.79 Å². The molecular weight excluding hydrogens is 216 g/mol. The SMILES string of the molecule is CC1CCCC(NC(=O)N2CCOCC2)CC1. The van der Waals surface area contributed by atoms with E-state index in [1.807, 2.05) is 4.90 Å². The van der Waals surface area contributed by atoms with E-state index in [0.29, 0.717) is 19.3 Å². The van der Waals surface area contributed by atoms with Crippen LogP contribution in [0, 0.1) is 5.92 Å². The third-order valence-electron chi connectivity index (χ3n) is 3.88. The maximum Gasteiger partial charge on any atom is 0.317 e. The summed E-state index contributed by atoms with van der Waals surface area (Å²) in [7, 11) is 0. The molecule has 2 amide bonds. The van der Waals surface area contributed by atoms with Crippen LogP contribution in [0.15, 0.2) is 0 Å². The summed E-state index contributed by atoms with van der Waals surface area (Å²) in [6.45, 7) is 5.13. The molecule has 1 aliphatic carbocycles. The van der Waals surface area contributed by atoms with Crippen molar-refractivity contribution in [1.29, 1.82) is 0 Å². The van der Waals surface area contributed by atoms with E-state index in [1.54, 1.807) is 0 Å². The molecule has 0 spiro atoms. The van der Waals surface area contributed by atoms with Crippen LogP contribution < -0.4 is 5.32 Å². The zero-order valence-corrected chi connectivity index (χ0v) is 10.8. The van der Waals surface area contributed by atoms with Crippen LogP contribution in [0.4, 0.5) is 4.79 Å². The van der Waals surface area contributed by atoms with E-state index in [-0.39, 0.29) is 6.03 Å². The van der Waals surface area contributed by atoms with Gasteiger partial charge in [-0.3, -0.25) is 0 Å². The molecule has 0 aromatic carbocycles. The lowest BCUT2D eigenvalue weighted by atomic mass is 10.0. The Kier molecular flexibility index (Phi) is 4.66. The maximum absolute atomic E-state index is 12.0. The lowest BCUT2D eigenvalue weighted by molar-refractivity contribution is 0.0523. The molecule has 0 radical (unpaired) electrons. The van der Waals surface area contributed by atoms with E-state index in [4.69, 9.17) is 4.74 Å². The van der Waals surface area contributed by atoms with E-state index >= 15 is 0 Å². The van der Waals surface area contributed by atoms with Gasteiger partial charge in [0.2, 0.25) is 0 Å². The number of morpholine rings is 1. The number of nitrogens with zero attached hydrogens (tertiary/aromatic N) is 1. The number of amides is 2. The second kappa shape index (κ2) is 6.24. The van der Waals surface area contributed by atoms with E-state index in [9.17, 15) is 4.79 Å². The summed E-state index contributed by atoms with van der Waals surface area (Å²) < 4.78 is 5.25. The highest BCUT2D eigenvalue weighted by Crippen LogP contribution is 2.22. The molecule has 2 unspecified atom stereocenters. The highest BCUT2D eigenvalue weighted by Gasteiger charge is 2.22.